The summed E-state index contributed by atoms with van der Waals surface area (Å²) in [6.45, 7) is 1.60. The van der Waals surface area contributed by atoms with Gasteiger partial charge in [-0.05, 0) is 25.1 Å². The Kier molecular flexibility index (Phi) is 5.14. The summed E-state index contributed by atoms with van der Waals surface area (Å²) in [5, 5.41) is 4.12. The summed E-state index contributed by atoms with van der Waals surface area (Å²) in [6.07, 6.45) is 0. The molecule has 25 heavy (non-hydrogen) atoms. The van der Waals surface area contributed by atoms with Crippen LogP contribution in [-0.2, 0) is 9.59 Å². The first-order valence-corrected chi connectivity index (χ1v) is 8.46. The molecule has 0 unspecified atom stereocenters. The first-order valence-electron chi connectivity index (χ1n) is 7.66. The van der Waals surface area contributed by atoms with E-state index in [1.165, 1.54) is 4.90 Å². The summed E-state index contributed by atoms with van der Waals surface area (Å²) in [4.78, 5) is 25.7. The number of fused-ring (bicyclic) bond motifs is 1. The van der Waals surface area contributed by atoms with Crippen LogP contribution in [-0.4, -0.2) is 30.7 Å². The molecule has 0 fully saturated rings. The van der Waals surface area contributed by atoms with E-state index in [9.17, 15) is 9.59 Å². The molecule has 3 rings (SSSR count). The number of benzene rings is 2. The maximum Gasteiger partial charge on any atom is 0.265 e. The Labute approximate surface area is 153 Å². The first-order chi connectivity index (χ1) is 12.1. The molecule has 0 aliphatic carbocycles. The number of para-hydroxylation sites is 2. The van der Waals surface area contributed by atoms with Crippen LogP contribution in [0.5, 0.6) is 5.75 Å². The number of hydrogen-bond acceptors (Lipinski definition) is 4. The fraction of sp³-hybridized carbons (Fsp3) is 0.167. The molecule has 0 atom stereocenters. The predicted octanol–water partition coefficient (Wildman–Crippen LogP) is 2.71. The molecule has 7 heteroatoms. The Morgan fingerprint density at radius 1 is 1.24 bits per heavy atom. The van der Waals surface area contributed by atoms with Crippen molar-refractivity contribution >= 4 is 39.1 Å². The first kappa shape index (κ1) is 17.2. The molecule has 2 aromatic rings. The van der Waals surface area contributed by atoms with Gasteiger partial charge in [0.25, 0.3) is 11.8 Å². The van der Waals surface area contributed by atoms with Crippen molar-refractivity contribution in [3.8, 4) is 5.75 Å². The van der Waals surface area contributed by atoms with E-state index in [-0.39, 0.29) is 25.0 Å². The van der Waals surface area contributed by atoms with E-state index in [2.05, 4.69) is 26.5 Å². The van der Waals surface area contributed by atoms with Gasteiger partial charge in [0, 0.05) is 10.0 Å². The van der Waals surface area contributed by atoms with Crippen molar-refractivity contribution < 1.29 is 14.3 Å². The molecular formula is C18H16BrN3O3. The van der Waals surface area contributed by atoms with Crippen molar-refractivity contribution in [3.63, 3.8) is 0 Å². The minimum Gasteiger partial charge on any atom is -0.482 e. The highest BCUT2D eigenvalue weighted by Gasteiger charge is 2.26. The van der Waals surface area contributed by atoms with E-state index in [4.69, 9.17) is 4.74 Å². The Bertz CT molecular complexity index is 851. The number of carbonyl (C=O) groups is 2. The molecule has 2 aromatic carbocycles. The topological polar surface area (TPSA) is 71.0 Å². The van der Waals surface area contributed by atoms with Crippen LogP contribution in [0.4, 0.5) is 5.69 Å². The Hall–Kier alpha value is -2.67. The summed E-state index contributed by atoms with van der Waals surface area (Å²) in [5.41, 5.74) is 4.63. The third kappa shape index (κ3) is 3.88. The van der Waals surface area contributed by atoms with E-state index >= 15 is 0 Å². The van der Waals surface area contributed by atoms with E-state index in [0.29, 0.717) is 17.1 Å². The van der Waals surface area contributed by atoms with Gasteiger partial charge in [-0.3, -0.25) is 14.5 Å². The van der Waals surface area contributed by atoms with Crippen molar-refractivity contribution in [1.29, 1.82) is 0 Å². The molecule has 128 valence electrons. The average molecular weight is 402 g/mol. The van der Waals surface area contributed by atoms with Crippen molar-refractivity contribution in [1.82, 2.24) is 5.43 Å². The highest BCUT2D eigenvalue weighted by atomic mass is 79.9. The van der Waals surface area contributed by atoms with E-state index in [1.807, 2.05) is 30.3 Å². The Morgan fingerprint density at radius 2 is 1.96 bits per heavy atom. The number of anilines is 1. The van der Waals surface area contributed by atoms with Crippen LogP contribution < -0.4 is 15.1 Å². The number of hydrogen-bond donors (Lipinski definition) is 1. The van der Waals surface area contributed by atoms with Gasteiger partial charge in [-0.25, -0.2) is 5.43 Å². The quantitative estimate of drug-likeness (QED) is 0.632. The number of halogens is 1. The maximum absolute atomic E-state index is 12.2. The van der Waals surface area contributed by atoms with Crippen LogP contribution in [0.1, 0.15) is 12.5 Å². The maximum atomic E-state index is 12.2. The summed E-state index contributed by atoms with van der Waals surface area (Å²) in [7, 11) is 0. The largest absolute Gasteiger partial charge is 0.482 e. The molecule has 1 heterocycles. The molecule has 1 N–H and O–H groups in total. The van der Waals surface area contributed by atoms with Gasteiger partial charge in [-0.15, -0.1) is 0 Å². The van der Waals surface area contributed by atoms with Gasteiger partial charge in [-0.2, -0.15) is 5.10 Å². The normalized spacial score (nSPS) is 13.9. The Morgan fingerprint density at radius 3 is 2.76 bits per heavy atom. The highest BCUT2D eigenvalue weighted by molar-refractivity contribution is 9.10. The molecule has 0 radical (unpaired) electrons. The fourth-order valence-corrected chi connectivity index (χ4v) is 3.04. The number of nitrogens with zero attached hydrogens (tertiary/aromatic N) is 2. The predicted molar refractivity (Wildman–Crippen MR) is 98.8 cm³/mol. The van der Waals surface area contributed by atoms with Crippen LogP contribution in [0.25, 0.3) is 0 Å². The molecular weight excluding hydrogens is 386 g/mol. The second-order valence-electron chi connectivity index (χ2n) is 5.45. The SMILES string of the molecule is C/C(=N/NC(=O)CN1C(=O)COc2ccccc21)c1ccccc1Br. The smallest absolute Gasteiger partial charge is 0.265 e. The van der Waals surface area contributed by atoms with Crippen molar-refractivity contribution in [2.45, 2.75) is 6.92 Å². The molecule has 2 amide bonds. The molecule has 0 saturated carbocycles. The Balaban J connectivity index is 1.70. The van der Waals surface area contributed by atoms with E-state index in [0.717, 1.165) is 10.0 Å². The van der Waals surface area contributed by atoms with Gasteiger partial charge in [0.2, 0.25) is 0 Å². The van der Waals surface area contributed by atoms with E-state index in [1.54, 1.807) is 25.1 Å². The lowest BCUT2D eigenvalue weighted by molar-refractivity contribution is -0.125. The average Bonchev–Trinajstić information content (AvgIpc) is 2.62. The molecule has 0 aromatic heterocycles. The van der Waals surface area contributed by atoms with Crippen molar-refractivity contribution in [2.24, 2.45) is 5.10 Å². The molecule has 6 nitrogen and oxygen atoms in total. The molecule has 0 spiro atoms. The second kappa shape index (κ2) is 7.48. The van der Waals surface area contributed by atoms with Gasteiger partial charge in [0.15, 0.2) is 6.61 Å². The summed E-state index contributed by atoms with van der Waals surface area (Å²) in [6, 6.07) is 14.7. The molecule has 1 aliphatic heterocycles. The summed E-state index contributed by atoms with van der Waals surface area (Å²) >= 11 is 3.45. The number of ether oxygens (including phenoxy) is 1. The van der Waals surface area contributed by atoms with Crippen molar-refractivity contribution in [2.75, 3.05) is 18.1 Å². The molecule has 1 aliphatic rings. The van der Waals surface area contributed by atoms with Crippen LogP contribution >= 0.6 is 15.9 Å². The van der Waals surface area contributed by atoms with Gasteiger partial charge >= 0.3 is 0 Å². The molecule has 0 bridgehead atoms. The summed E-state index contributed by atoms with van der Waals surface area (Å²) in [5.74, 6) is -0.0559. The van der Waals surface area contributed by atoms with Gasteiger partial charge in [0.05, 0.1) is 11.4 Å². The van der Waals surface area contributed by atoms with Crippen LogP contribution in [0.3, 0.4) is 0 Å². The minimum atomic E-state index is -0.378. The lowest BCUT2D eigenvalue weighted by atomic mass is 10.1. The van der Waals surface area contributed by atoms with Gasteiger partial charge in [0.1, 0.15) is 12.3 Å². The number of hydrazone groups is 1. The van der Waals surface area contributed by atoms with Crippen LogP contribution in [0, 0.1) is 0 Å². The number of rotatable bonds is 4. The lowest BCUT2D eigenvalue weighted by Crippen LogP contribution is -2.44. The van der Waals surface area contributed by atoms with Crippen LogP contribution in [0.2, 0.25) is 0 Å². The summed E-state index contributed by atoms with van der Waals surface area (Å²) < 4.78 is 6.25. The number of carbonyl (C=O) groups excluding carboxylic acids is 2. The van der Waals surface area contributed by atoms with Crippen molar-refractivity contribution in [3.05, 3.63) is 58.6 Å². The van der Waals surface area contributed by atoms with E-state index < -0.39 is 0 Å². The third-order valence-electron chi connectivity index (χ3n) is 3.72. The zero-order chi connectivity index (χ0) is 17.8. The monoisotopic (exact) mass is 401 g/mol. The van der Waals surface area contributed by atoms with Gasteiger partial charge < -0.3 is 4.74 Å². The third-order valence-corrected chi connectivity index (χ3v) is 4.41. The molecule has 0 saturated heterocycles. The standard InChI is InChI=1S/C18H16BrN3O3/c1-12(13-6-2-3-7-14(13)19)20-21-17(23)10-22-15-8-4-5-9-16(15)25-11-18(22)24/h2-9H,10-11H2,1H3,(H,21,23)/b20-12-. The number of amides is 2. The van der Waals surface area contributed by atoms with Gasteiger partial charge in [-0.1, -0.05) is 46.3 Å². The van der Waals surface area contributed by atoms with Crippen LogP contribution in [0.15, 0.2) is 58.1 Å². The fourth-order valence-electron chi connectivity index (χ4n) is 2.47. The number of nitrogens with one attached hydrogen (secondary N) is 1. The zero-order valence-corrected chi connectivity index (χ0v) is 15.1. The minimum absolute atomic E-state index is 0.0798. The second-order valence-corrected chi connectivity index (χ2v) is 6.30. The lowest BCUT2D eigenvalue weighted by Gasteiger charge is -2.28. The zero-order valence-electron chi connectivity index (χ0n) is 13.5. The highest BCUT2D eigenvalue weighted by Crippen LogP contribution is 2.31.